The molecule has 1 amide bonds. The van der Waals surface area contributed by atoms with Crippen LogP contribution in [0.25, 0.3) is 0 Å². The molecule has 29 heavy (non-hydrogen) atoms. The highest BCUT2D eigenvalue weighted by molar-refractivity contribution is 6.32. The Bertz CT molecular complexity index is 962. The van der Waals surface area contributed by atoms with Crippen molar-refractivity contribution in [3.8, 4) is 23.0 Å². The van der Waals surface area contributed by atoms with Crippen molar-refractivity contribution in [2.75, 3.05) is 25.3 Å². The number of nitrogens with one attached hydrogen (secondary N) is 1. The molecule has 8 nitrogen and oxygen atoms in total. The highest BCUT2D eigenvalue weighted by Gasteiger charge is 2.23. The lowest BCUT2D eigenvalue weighted by Gasteiger charge is -2.15. The molecule has 2 aliphatic rings. The van der Waals surface area contributed by atoms with Gasteiger partial charge >= 0.3 is 5.97 Å². The van der Waals surface area contributed by atoms with Crippen LogP contribution in [-0.2, 0) is 9.53 Å². The van der Waals surface area contributed by atoms with Crippen molar-refractivity contribution in [2.24, 2.45) is 0 Å². The second-order valence-corrected chi connectivity index (χ2v) is 6.85. The molecule has 0 aromatic heterocycles. The van der Waals surface area contributed by atoms with E-state index < -0.39 is 18.0 Å². The molecule has 2 aliphatic heterocycles. The summed E-state index contributed by atoms with van der Waals surface area (Å²) in [6.07, 6.45) is -0.329. The first kappa shape index (κ1) is 19.2. The van der Waals surface area contributed by atoms with Crippen molar-refractivity contribution in [3.05, 3.63) is 40.9 Å². The molecule has 152 valence electrons. The van der Waals surface area contributed by atoms with Gasteiger partial charge < -0.3 is 29.0 Å². The van der Waals surface area contributed by atoms with Crippen LogP contribution in [0.4, 0.5) is 5.69 Å². The molecule has 2 aromatic carbocycles. The second-order valence-electron chi connectivity index (χ2n) is 6.44. The first-order valence-electron chi connectivity index (χ1n) is 9.02. The average molecular weight is 420 g/mol. The molecular formula is C20H18ClNO7. The van der Waals surface area contributed by atoms with Crippen molar-refractivity contribution >= 4 is 29.2 Å². The Morgan fingerprint density at radius 3 is 2.69 bits per heavy atom. The second kappa shape index (κ2) is 8.08. The third kappa shape index (κ3) is 4.17. The molecule has 4 rings (SSSR count). The van der Waals surface area contributed by atoms with E-state index in [1.54, 1.807) is 18.2 Å². The van der Waals surface area contributed by atoms with Gasteiger partial charge in [0.05, 0.1) is 23.8 Å². The Labute approximate surface area is 171 Å². The van der Waals surface area contributed by atoms with Gasteiger partial charge in [0.2, 0.25) is 6.79 Å². The van der Waals surface area contributed by atoms with E-state index in [2.05, 4.69) is 5.32 Å². The molecule has 0 bridgehead atoms. The van der Waals surface area contributed by atoms with Crippen LogP contribution >= 0.6 is 11.6 Å². The number of amides is 1. The van der Waals surface area contributed by atoms with Crippen LogP contribution in [0.5, 0.6) is 23.0 Å². The molecule has 9 heteroatoms. The standard InChI is InChI=1S/C20H18ClNO7/c1-11(19(23)22-13-3-4-15-16(9-13)28-10-27-15)29-20(24)12-7-14(21)18-17(8-12)25-5-2-6-26-18/h3-4,7-9,11H,2,5-6,10H2,1H3,(H,22,23)/t11-/m0/s1. The van der Waals surface area contributed by atoms with E-state index in [4.69, 9.17) is 35.3 Å². The monoisotopic (exact) mass is 419 g/mol. The van der Waals surface area contributed by atoms with Crippen LogP contribution in [0, 0.1) is 0 Å². The maximum Gasteiger partial charge on any atom is 0.339 e. The van der Waals surface area contributed by atoms with Crippen molar-refractivity contribution in [1.82, 2.24) is 0 Å². The summed E-state index contributed by atoms with van der Waals surface area (Å²) < 4.78 is 26.9. The van der Waals surface area contributed by atoms with Crippen molar-refractivity contribution in [3.63, 3.8) is 0 Å². The van der Waals surface area contributed by atoms with E-state index in [1.807, 2.05) is 0 Å². The molecule has 0 saturated heterocycles. The summed E-state index contributed by atoms with van der Waals surface area (Å²) in [5.74, 6) is 0.727. The molecule has 0 saturated carbocycles. The third-order valence-electron chi connectivity index (χ3n) is 4.33. The van der Waals surface area contributed by atoms with E-state index in [9.17, 15) is 9.59 Å². The number of fused-ring (bicyclic) bond motifs is 2. The summed E-state index contributed by atoms with van der Waals surface area (Å²) in [5.41, 5.74) is 0.669. The molecule has 0 aliphatic carbocycles. The number of carbonyl (C=O) groups is 2. The smallest absolute Gasteiger partial charge is 0.339 e. The van der Waals surface area contributed by atoms with E-state index in [0.29, 0.717) is 48.3 Å². The highest BCUT2D eigenvalue weighted by atomic mass is 35.5. The third-order valence-corrected chi connectivity index (χ3v) is 4.61. The fraction of sp³-hybridized carbons (Fsp3) is 0.300. The Morgan fingerprint density at radius 2 is 1.83 bits per heavy atom. The lowest BCUT2D eigenvalue weighted by atomic mass is 10.2. The number of anilines is 1. The van der Waals surface area contributed by atoms with E-state index in [1.165, 1.54) is 19.1 Å². The van der Waals surface area contributed by atoms with Crippen LogP contribution in [-0.4, -0.2) is 38.0 Å². The van der Waals surface area contributed by atoms with Gasteiger partial charge in [-0.1, -0.05) is 11.6 Å². The van der Waals surface area contributed by atoms with Gasteiger partial charge in [0.15, 0.2) is 29.1 Å². The Morgan fingerprint density at radius 1 is 1.03 bits per heavy atom. The largest absolute Gasteiger partial charge is 0.489 e. The maximum absolute atomic E-state index is 12.5. The number of carbonyl (C=O) groups excluding carboxylic acids is 2. The first-order chi connectivity index (χ1) is 14.0. The van der Waals surface area contributed by atoms with Gasteiger partial charge in [-0.25, -0.2) is 4.79 Å². The number of esters is 1. The lowest BCUT2D eigenvalue weighted by molar-refractivity contribution is -0.123. The van der Waals surface area contributed by atoms with E-state index in [0.717, 1.165) is 0 Å². The van der Waals surface area contributed by atoms with Crippen molar-refractivity contribution < 1.29 is 33.3 Å². The molecule has 0 radical (unpaired) electrons. The summed E-state index contributed by atoms with van der Waals surface area (Å²) in [6.45, 7) is 2.55. The molecule has 2 aromatic rings. The summed E-state index contributed by atoms with van der Waals surface area (Å²) in [7, 11) is 0. The van der Waals surface area contributed by atoms with Crippen molar-refractivity contribution in [1.29, 1.82) is 0 Å². The van der Waals surface area contributed by atoms with Gasteiger partial charge in [0.1, 0.15) is 0 Å². The molecule has 1 atom stereocenters. The number of hydrogen-bond donors (Lipinski definition) is 1. The normalized spacial score (nSPS) is 15.2. The zero-order valence-electron chi connectivity index (χ0n) is 15.5. The van der Waals surface area contributed by atoms with E-state index in [-0.39, 0.29) is 17.4 Å². The fourth-order valence-electron chi connectivity index (χ4n) is 2.85. The van der Waals surface area contributed by atoms with Crippen LogP contribution < -0.4 is 24.3 Å². The van der Waals surface area contributed by atoms with Gasteiger partial charge in [-0.15, -0.1) is 0 Å². The summed E-state index contributed by atoms with van der Waals surface area (Å²) in [5, 5.41) is 2.92. The number of rotatable bonds is 4. The van der Waals surface area contributed by atoms with Crippen molar-refractivity contribution in [2.45, 2.75) is 19.4 Å². The fourth-order valence-corrected chi connectivity index (χ4v) is 3.11. The predicted molar refractivity (Wildman–Crippen MR) is 103 cm³/mol. The minimum atomic E-state index is -1.04. The SMILES string of the molecule is C[C@H](OC(=O)c1cc(Cl)c2c(c1)OCCCO2)C(=O)Nc1ccc2c(c1)OCO2. The average Bonchev–Trinajstić information content (AvgIpc) is 3.03. The summed E-state index contributed by atoms with van der Waals surface area (Å²) >= 11 is 6.20. The molecule has 2 heterocycles. The van der Waals surface area contributed by atoms with Gasteiger partial charge in [-0.3, -0.25) is 4.79 Å². The van der Waals surface area contributed by atoms with Gasteiger partial charge in [0.25, 0.3) is 5.91 Å². The quantitative estimate of drug-likeness (QED) is 0.759. The molecular weight excluding hydrogens is 402 g/mol. The Hall–Kier alpha value is -3.13. The minimum absolute atomic E-state index is 0.138. The zero-order valence-corrected chi connectivity index (χ0v) is 16.3. The number of benzene rings is 2. The molecule has 0 unspecified atom stereocenters. The lowest BCUT2D eigenvalue weighted by Crippen LogP contribution is -2.30. The van der Waals surface area contributed by atoms with Crippen LogP contribution in [0.3, 0.4) is 0 Å². The first-order valence-corrected chi connectivity index (χ1v) is 9.39. The predicted octanol–water partition coefficient (Wildman–Crippen LogP) is 3.41. The maximum atomic E-state index is 12.5. The number of hydrogen-bond acceptors (Lipinski definition) is 7. The summed E-state index contributed by atoms with van der Waals surface area (Å²) in [6, 6.07) is 7.92. The Balaban J connectivity index is 1.42. The molecule has 0 fully saturated rings. The van der Waals surface area contributed by atoms with Gasteiger partial charge in [0, 0.05) is 18.2 Å². The van der Waals surface area contributed by atoms with Crippen LogP contribution in [0.15, 0.2) is 30.3 Å². The van der Waals surface area contributed by atoms with Gasteiger partial charge in [-0.05, 0) is 31.2 Å². The molecule has 1 N–H and O–H groups in total. The number of ether oxygens (including phenoxy) is 5. The zero-order chi connectivity index (χ0) is 20.4. The molecule has 0 spiro atoms. The minimum Gasteiger partial charge on any atom is -0.489 e. The van der Waals surface area contributed by atoms with Gasteiger partial charge in [-0.2, -0.15) is 0 Å². The van der Waals surface area contributed by atoms with E-state index >= 15 is 0 Å². The number of halogens is 1. The van der Waals surface area contributed by atoms with Crippen LogP contribution in [0.2, 0.25) is 5.02 Å². The Kier molecular flexibility index (Phi) is 5.35. The van der Waals surface area contributed by atoms with Crippen LogP contribution in [0.1, 0.15) is 23.7 Å². The highest BCUT2D eigenvalue weighted by Crippen LogP contribution is 2.38. The topological polar surface area (TPSA) is 92.3 Å². The summed E-state index contributed by atoms with van der Waals surface area (Å²) in [4.78, 5) is 24.9.